The van der Waals surface area contributed by atoms with E-state index < -0.39 is 17.6 Å². The Bertz CT molecular complexity index is 1100. The fraction of sp³-hybridized carbons (Fsp3) is 0.222. The van der Waals surface area contributed by atoms with Crippen molar-refractivity contribution in [3.8, 4) is 6.07 Å². The third kappa shape index (κ3) is 6.29. The highest BCUT2D eigenvalue weighted by Gasteiger charge is 2.27. The zero-order chi connectivity index (χ0) is 23.1. The van der Waals surface area contributed by atoms with E-state index in [2.05, 4.69) is 6.07 Å². The highest BCUT2D eigenvalue weighted by Crippen LogP contribution is 2.21. The van der Waals surface area contributed by atoms with Crippen LogP contribution in [0.25, 0.3) is 0 Å². The average Bonchev–Trinajstić information content (AvgIpc) is 2.77. The lowest BCUT2D eigenvalue weighted by Gasteiger charge is -2.23. The van der Waals surface area contributed by atoms with Gasteiger partial charge in [0.15, 0.2) is 6.04 Å². The van der Waals surface area contributed by atoms with Gasteiger partial charge in [0.1, 0.15) is 5.60 Å². The maximum absolute atomic E-state index is 13.2. The minimum atomic E-state index is -0.835. The van der Waals surface area contributed by atoms with Gasteiger partial charge in [0.05, 0.1) is 17.3 Å². The smallest absolute Gasteiger partial charge is 0.331 e. The number of hydrogen-bond acceptors (Lipinski definition) is 4. The SMILES string of the molecule is CC(C)(C)OC(=O)C(Cc1ccc(Cl)cc1C#N)N=C(c1ccccc1)c1ccccc1. The molecular weight excluding hydrogens is 420 g/mol. The van der Waals surface area contributed by atoms with Crippen molar-refractivity contribution in [3.63, 3.8) is 0 Å². The molecule has 1 atom stereocenters. The van der Waals surface area contributed by atoms with Crippen LogP contribution in [0.1, 0.15) is 43.0 Å². The van der Waals surface area contributed by atoms with Crippen LogP contribution in [0.4, 0.5) is 0 Å². The number of rotatable bonds is 6. The van der Waals surface area contributed by atoms with Gasteiger partial charge in [-0.2, -0.15) is 5.26 Å². The second-order valence-electron chi connectivity index (χ2n) is 8.38. The molecule has 5 heteroatoms. The molecule has 0 saturated carbocycles. The maximum Gasteiger partial charge on any atom is 0.331 e. The van der Waals surface area contributed by atoms with Crippen molar-refractivity contribution < 1.29 is 9.53 Å². The van der Waals surface area contributed by atoms with E-state index in [0.717, 1.165) is 11.1 Å². The summed E-state index contributed by atoms with van der Waals surface area (Å²) in [5.74, 6) is -0.444. The monoisotopic (exact) mass is 444 g/mol. The number of nitrogens with zero attached hydrogens (tertiary/aromatic N) is 2. The summed E-state index contributed by atoms with van der Waals surface area (Å²) in [6, 6.07) is 25.8. The normalized spacial score (nSPS) is 11.8. The topological polar surface area (TPSA) is 62.5 Å². The van der Waals surface area contributed by atoms with E-state index in [1.807, 2.05) is 81.4 Å². The third-order valence-corrected chi connectivity index (χ3v) is 4.90. The molecule has 0 aromatic heterocycles. The van der Waals surface area contributed by atoms with Gasteiger partial charge >= 0.3 is 5.97 Å². The van der Waals surface area contributed by atoms with Gasteiger partial charge in [0, 0.05) is 22.6 Å². The quantitative estimate of drug-likeness (QED) is 0.346. The van der Waals surface area contributed by atoms with Gasteiger partial charge in [-0.3, -0.25) is 4.99 Å². The molecule has 0 spiro atoms. The molecule has 0 heterocycles. The van der Waals surface area contributed by atoms with Crippen molar-refractivity contribution in [1.82, 2.24) is 0 Å². The zero-order valence-electron chi connectivity index (χ0n) is 18.4. The molecule has 0 bridgehead atoms. The summed E-state index contributed by atoms with van der Waals surface area (Å²) in [6.45, 7) is 5.47. The van der Waals surface area contributed by atoms with Crippen LogP contribution in [0.2, 0.25) is 5.02 Å². The Morgan fingerprint density at radius 1 is 1.00 bits per heavy atom. The molecule has 162 valence electrons. The lowest BCUT2D eigenvalue weighted by Crippen LogP contribution is -2.33. The molecule has 0 amide bonds. The Balaban J connectivity index is 2.11. The number of ether oxygens (including phenoxy) is 1. The van der Waals surface area contributed by atoms with Crippen LogP contribution in [-0.4, -0.2) is 23.3 Å². The van der Waals surface area contributed by atoms with Gasteiger partial charge in [-0.25, -0.2) is 4.79 Å². The van der Waals surface area contributed by atoms with Crippen molar-refractivity contribution in [1.29, 1.82) is 5.26 Å². The Morgan fingerprint density at radius 2 is 1.56 bits per heavy atom. The van der Waals surface area contributed by atoms with E-state index in [-0.39, 0.29) is 6.42 Å². The molecule has 0 fully saturated rings. The Hall–Kier alpha value is -3.42. The molecule has 4 nitrogen and oxygen atoms in total. The van der Waals surface area contributed by atoms with E-state index in [0.29, 0.717) is 21.9 Å². The first-order chi connectivity index (χ1) is 15.3. The first-order valence-electron chi connectivity index (χ1n) is 10.4. The van der Waals surface area contributed by atoms with Crippen LogP contribution < -0.4 is 0 Å². The number of carbonyl (C=O) groups excluding carboxylic acids is 1. The highest BCUT2D eigenvalue weighted by atomic mass is 35.5. The van der Waals surface area contributed by atoms with Gasteiger partial charge in [-0.15, -0.1) is 0 Å². The van der Waals surface area contributed by atoms with Crippen LogP contribution in [0.3, 0.4) is 0 Å². The Kier molecular flexibility index (Phi) is 7.45. The van der Waals surface area contributed by atoms with E-state index in [4.69, 9.17) is 21.3 Å². The fourth-order valence-corrected chi connectivity index (χ4v) is 3.43. The summed E-state index contributed by atoms with van der Waals surface area (Å²) in [7, 11) is 0. The minimum Gasteiger partial charge on any atom is -0.458 e. The molecule has 0 aliphatic carbocycles. The number of esters is 1. The Labute approximate surface area is 194 Å². The molecule has 0 aliphatic rings. The summed E-state index contributed by atoms with van der Waals surface area (Å²) in [5.41, 5.74) is 2.92. The zero-order valence-corrected chi connectivity index (χ0v) is 19.1. The van der Waals surface area contributed by atoms with E-state index in [9.17, 15) is 10.1 Å². The summed E-state index contributed by atoms with van der Waals surface area (Å²) in [5, 5.41) is 10.0. The third-order valence-electron chi connectivity index (χ3n) is 4.66. The summed E-state index contributed by atoms with van der Waals surface area (Å²) in [4.78, 5) is 18.1. The number of carbonyl (C=O) groups is 1. The number of hydrogen-bond donors (Lipinski definition) is 0. The van der Waals surface area contributed by atoms with Gasteiger partial charge in [-0.05, 0) is 38.5 Å². The molecule has 0 saturated heterocycles. The summed E-state index contributed by atoms with van der Waals surface area (Å²) < 4.78 is 5.69. The molecular formula is C27H25ClN2O2. The van der Waals surface area contributed by atoms with Gasteiger partial charge < -0.3 is 4.74 Å². The predicted molar refractivity (Wildman–Crippen MR) is 128 cm³/mol. The second kappa shape index (κ2) is 10.3. The van der Waals surface area contributed by atoms with Gasteiger partial charge in [0.2, 0.25) is 0 Å². The molecule has 0 N–H and O–H groups in total. The summed E-state index contributed by atoms with van der Waals surface area (Å²) >= 11 is 6.06. The largest absolute Gasteiger partial charge is 0.458 e. The van der Waals surface area contributed by atoms with Crippen molar-refractivity contribution in [3.05, 3.63) is 106 Å². The van der Waals surface area contributed by atoms with Crippen molar-refractivity contribution in [2.24, 2.45) is 4.99 Å². The first kappa shape index (κ1) is 23.2. The van der Waals surface area contributed by atoms with Crippen LogP contribution in [0, 0.1) is 11.3 Å². The number of halogens is 1. The molecule has 3 aromatic carbocycles. The van der Waals surface area contributed by atoms with Crippen molar-refractivity contribution in [2.45, 2.75) is 38.8 Å². The molecule has 1 unspecified atom stereocenters. The van der Waals surface area contributed by atoms with E-state index in [1.54, 1.807) is 18.2 Å². The van der Waals surface area contributed by atoms with Crippen LogP contribution in [-0.2, 0) is 16.0 Å². The Morgan fingerprint density at radius 3 is 2.06 bits per heavy atom. The summed E-state index contributed by atoms with van der Waals surface area (Å²) in [6.07, 6.45) is 0.220. The first-order valence-corrected chi connectivity index (χ1v) is 10.7. The van der Waals surface area contributed by atoms with Gasteiger partial charge in [0.25, 0.3) is 0 Å². The molecule has 0 aliphatic heterocycles. The highest BCUT2D eigenvalue weighted by molar-refractivity contribution is 6.30. The molecule has 0 radical (unpaired) electrons. The van der Waals surface area contributed by atoms with Crippen LogP contribution >= 0.6 is 11.6 Å². The van der Waals surface area contributed by atoms with Crippen molar-refractivity contribution >= 4 is 23.3 Å². The fourth-order valence-electron chi connectivity index (χ4n) is 3.25. The molecule has 32 heavy (non-hydrogen) atoms. The van der Waals surface area contributed by atoms with Crippen LogP contribution in [0.5, 0.6) is 0 Å². The molecule has 3 rings (SSSR count). The number of aliphatic imine (C=N–C) groups is 1. The number of benzene rings is 3. The standard InChI is InChI=1S/C27H25ClN2O2/c1-27(2,3)32-26(31)24(17-21-14-15-23(28)16-22(21)18-29)30-25(19-10-6-4-7-11-19)20-12-8-5-9-13-20/h4-16,24H,17H2,1-3H3. The van der Waals surface area contributed by atoms with E-state index >= 15 is 0 Å². The minimum absolute atomic E-state index is 0.220. The lowest BCUT2D eigenvalue weighted by molar-refractivity contribution is -0.156. The van der Waals surface area contributed by atoms with Crippen molar-refractivity contribution in [2.75, 3.05) is 0 Å². The average molecular weight is 445 g/mol. The molecule has 3 aromatic rings. The van der Waals surface area contributed by atoms with E-state index in [1.165, 1.54) is 0 Å². The number of nitriles is 1. The van der Waals surface area contributed by atoms with Crippen LogP contribution in [0.15, 0.2) is 83.9 Å². The maximum atomic E-state index is 13.2. The predicted octanol–water partition coefficient (Wildman–Crippen LogP) is 6.00. The van der Waals surface area contributed by atoms with Gasteiger partial charge in [-0.1, -0.05) is 78.3 Å². The second-order valence-corrected chi connectivity index (χ2v) is 8.81. The lowest BCUT2D eigenvalue weighted by atomic mass is 9.98.